The van der Waals surface area contributed by atoms with Crippen molar-refractivity contribution in [1.82, 2.24) is 0 Å². The highest BCUT2D eigenvalue weighted by molar-refractivity contribution is 6.40. The minimum Gasteiger partial charge on any atom is -0.457 e. The van der Waals surface area contributed by atoms with Gasteiger partial charge in [-0.3, -0.25) is 9.59 Å². The van der Waals surface area contributed by atoms with Crippen LogP contribution in [0.3, 0.4) is 0 Å². The standard InChI is InChI=1S/C20H18O7/c21-13-18(22)27-17(15-7-3-1-4-8-15)14-25-11-12-26-20(24)19(23)16-9-5-2-6-10-16/h1-10,13,17H,11-12,14H2. The number of ether oxygens (including phenoxy) is 3. The van der Waals surface area contributed by atoms with Gasteiger partial charge < -0.3 is 14.2 Å². The van der Waals surface area contributed by atoms with Gasteiger partial charge in [0, 0.05) is 5.56 Å². The van der Waals surface area contributed by atoms with E-state index >= 15 is 0 Å². The number of Topliss-reactive ketones (excluding diaryl/α,β-unsaturated/α-hetero) is 1. The largest absolute Gasteiger partial charge is 0.457 e. The Kier molecular flexibility index (Phi) is 7.87. The van der Waals surface area contributed by atoms with Gasteiger partial charge in [0.1, 0.15) is 6.61 Å². The summed E-state index contributed by atoms with van der Waals surface area (Å²) in [5.41, 5.74) is 0.900. The lowest BCUT2D eigenvalue weighted by atomic mass is 10.1. The molecule has 2 aromatic rings. The third-order valence-corrected chi connectivity index (χ3v) is 3.48. The van der Waals surface area contributed by atoms with E-state index in [0.29, 0.717) is 5.56 Å². The first-order chi connectivity index (χ1) is 13.1. The van der Waals surface area contributed by atoms with Gasteiger partial charge in [-0.05, 0) is 5.56 Å². The first kappa shape index (κ1) is 20.0. The van der Waals surface area contributed by atoms with E-state index in [2.05, 4.69) is 0 Å². The molecule has 0 aliphatic heterocycles. The van der Waals surface area contributed by atoms with Crippen LogP contribution in [0.5, 0.6) is 0 Å². The first-order valence-corrected chi connectivity index (χ1v) is 8.17. The topological polar surface area (TPSA) is 96.0 Å². The molecular weight excluding hydrogens is 352 g/mol. The van der Waals surface area contributed by atoms with E-state index in [1.165, 1.54) is 12.1 Å². The zero-order valence-electron chi connectivity index (χ0n) is 14.4. The number of esters is 2. The van der Waals surface area contributed by atoms with Gasteiger partial charge >= 0.3 is 11.9 Å². The molecule has 0 saturated heterocycles. The van der Waals surface area contributed by atoms with Crippen molar-refractivity contribution in [2.45, 2.75) is 6.10 Å². The molecule has 0 heterocycles. The van der Waals surface area contributed by atoms with Crippen LogP contribution in [0.1, 0.15) is 22.0 Å². The highest BCUT2D eigenvalue weighted by Gasteiger charge is 2.18. The summed E-state index contributed by atoms with van der Waals surface area (Å²) < 4.78 is 15.2. The molecule has 7 nitrogen and oxygen atoms in total. The smallest absolute Gasteiger partial charge is 0.379 e. The molecule has 0 radical (unpaired) electrons. The van der Waals surface area contributed by atoms with Crippen LogP contribution >= 0.6 is 0 Å². The summed E-state index contributed by atoms with van der Waals surface area (Å²) in [4.78, 5) is 45.3. The summed E-state index contributed by atoms with van der Waals surface area (Å²) >= 11 is 0. The summed E-state index contributed by atoms with van der Waals surface area (Å²) in [7, 11) is 0. The Morgan fingerprint density at radius 2 is 1.52 bits per heavy atom. The summed E-state index contributed by atoms with van der Waals surface area (Å²) in [5, 5.41) is 0. The van der Waals surface area contributed by atoms with Gasteiger partial charge in [-0.15, -0.1) is 0 Å². The number of ketones is 1. The lowest BCUT2D eigenvalue weighted by molar-refractivity contribution is -0.156. The minimum absolute atomic E-state index is 0.00418. The Labute approximate surface area is 155 Å². The van der Waals surface area contributed by atoms with Crippen LogP contribution < -0.4 is 0 Å². The van der Waals surface area contributed by atoms with Crippen LogP contribution in [0.15, 0.2) is 60.7 Å². The number of carbonyl (C=O) groups is 4. The maximum atomic E-state index is 11.9. The van der Waals surface area contributed by atoms with E-state index in [0.717, 1.165) is 0 Å². The average molecular weight is 370 g/mol. The highest BCUT2D eigenvalue weighted by atomic mass is 16.6. The fourth-order valence-corrected chi connectivity index (χ4v) is 2.19. The van der Waals surface area contributed by atoms with Crippen molar-refractivity contribution < 1.29 is 33.4 Å². The predicted octanol–water partition coefficient (Wildman–Crippen LogP) is 1.91. The van der Waals surface area contributed by atoms with Crippen LogP contribution in [0.2, 0.25) is 0 Å². The molecule has 0 fully saturated rings. The number of hydrogen-bond acceptors (Lipinski definition) is 7. The second kappa shape index (κ2) is 10.6. The maximum absolute atomic E-state index is 11.9. The van der Waals surface area contributed by atoms with Crippen molar-refractivity contribution in [3.63, 3.8) is 0 Å². The van der Waals surface area contributed by atoms with Crippen LogP contribution in [-0.4, -0.2) is 43.8 Å². The molecule has 0 amide bonds. The molecule has 0 N–H and O–H groups in total. The molecule has 1 unspecified atom stereocenters. The predicted molar refractivity (Wildman–Crippen MR) is 93.9 cm³/mol. The second-order valence-corrected chi connectivity index (χ2v) is 5.36. The first-order valence-electron chi connectivity index (χ1n) is 8.17. The summed E-state index contributed by atoms with van der Waals surface area (Å²) in [6.07, 6.45) is -0.696. The molecule has 1 atom stereocenters. The van der Waals surface area contributed by atoms with Crippen LogP contribution in [0, 0.1) is 0 Å². The molecule has 0 bridgehead atoms. The number of benzene rings is 2. The van der Waals surface area contributed by atoms with Crippen molar-refractivity contribution in [2.24, 2.45) is 0 Å². The Morgan fingerprint density at radius 3 is 2.15 bits per heavy atom. The van der Waals surface area contributed by atoms with E-state index in [-0.39, 0.29) is 31.7 Å². The molecule has 2 rings (SSSR count). The van der Waals surface area contributed by atoms with Crippen LogP contribution in [-0.2, 0) is 28.6 Å². The molecule has 0 aliphatic rings. The summed E-state index contributed by atoms with van der Waals surface area (Å²) in [6.45, 7) is -0.176. The lowest BCUT2D eigenvalue weighted by Gasteiger charge is -2.17. The molecule has 2 aromatic carbocycles. The molecule has 0 saturated carbocycles. The van der Waals surface area contributed by atoms with Crippen LogP contribution in [0.25, 0.3) is 0 Å². The minimum atomic E-state index is -1.01. The van der Waals surface area contributed by atoms with Crippen molar-refractivity contribution in [1.29, 1.82) is 0 Å². The fraction of sp³-hybridized carbons (Fsp3) is 0.200. The Morgan fingerprint density at radius 1 is 0.889 bits per heavy atom. The normalized spacial score (nSPS) is 11.3. The number of hydrogen-bond donors (Lipinski definition) is 0. The zero-order valence-corrected chi connectivity index (χ0v) is 14.4. The molecule has 0 aliphatic carbocycles. The Bertz CT molecular complexity index is 771. The highest BCUT2D eigenvalue weighted by Crippen LogP contribution is 2.17. The van der Waals surface area contributed by atoms with Gasteiger partial charge in [-0.2, -0.15) is 0 Å². The van der Waals surface area contributed by atoms with Crippen molar-refractivity contribution >= 4 is 24.0 Å². The van der Waals surface area contributed by atoms with Gasteiger partial charge in [0.2, 0.25) is 6.29 Å². The monoisotopic (exact) mass is 370 g/mol. The quantitative estimate of drug-likeness (QED) is 0.207. The third-order valence-electron chi connectivity index (χ3n) is 3.48. The Balaban J connectivity index is 1.78. The van der Waals surface area contributed by atoms with E-state index in [4.69, 9.17) is 14.2 Å². The van der Waals surface area contributed by atoms with Gasteiger partial charge in [0.05, 0.1) is 13.2 Å². The maximum Gasteiger partial charge on any atom is 0.379 e. The third kappa shape index (κ3) is 6.48. The summed E-state index contributed by atoms with van der Waals surface area (Å²) in [6, 6.07) is 16.8. The average Bonchev–Trinajstić information content (AvgIpc) is 2.73. The fourth-order valence-electron chi connectivity index (χ4n) is 2.19. The van der Waals surface area contributed by atoms with Crippen molar-refractivity contribution in [3.05, 3.63) is 71.8 Å². The zero-order chi connectivity index (χ0) is 19.5. The molecule has 0 aromatic heterocycles. The SMILES string of the molecule is O=CC(=O)OC(COCCOC(=O)C(=O)c1ccccc1)c1ccccc1. The lowest BCUT2D eigenvalue weighted by Crippen LogP contribution is -2.21. The number of aldehydes is 1. The Hall–Kier alpha value is -3.32. The van der Waals surface area contributed by atoms with Gasteiger partial charge in [0.25, 0.3) is 5.78 Å². The van der Waals surface area contributed by atoms with Gasteiger partial charge in [0.15, 0.2) is 6.10 Å². The van der Waals surface area contributed by atoms with E-state index in [1.54, 1.807) is 48.5 Å². The van der Waals surface area contributed by atoms with E-state index in [9.17, 15) is 19.2 Å². The van der Waals surface area contributed by atoms with Crippen molar-refractivity contribution in [2.75, 3.05) is 19.8 Å². The summed E-state index contributed by atoms with van der Waals surface area (Å²) in [5.74, 6) is -2.72. The molecule has 27 heavy (non-hydrogen) atoms. The van der Waals surface area contributed by atoms with E-state index < -0.39 is 23.8 Å². The second-order valence-electron chi connectivity index (χ2n) is 5.36. The molecule has 140 valence electrons. The number of carbonyl (C=O) groups excluding carboxylic acids is 4. The molecular formula is C20H18O7. The molecule has 0 spiro atoms. The van der Waals surface area contributed by atoms with Gasteiger partial charge in [-0.25, -0.2) is 9.59 Å². The number of rotatable bonds is 10. The van der Waals surface area contributed by atoms with E-state index in [1.807, 2.05) is 0 Å². The van der Waals surface area contributed by atoms with Gasteiger partial charge in [-0.1, -0.05) is 60.7 Å². The van der Waals surface area contributed by atoms with Crippen LogP contribution in [0.4, 0.5) is 0 Å². The molecule has 7 heteroatoms. The van der Waals surface area contributed by atoms with Crippen molar-refractivity contribution in [3.8, 4) is 0 Å².